The highest BCUT2D eigenvalue weighted by molar-refractivity contribution is 6.35. The number of aliphatic hydroxyl groups is 1. The van der Waals surface area contributed by atoms with Crippen LogP contribution in [0.4, 0.5) is 0 Å². The first-order valence-corrected chi connectivity index (χ1v) is 6.10. The lowest BCUT2D eigenvalue weighted by molar-refractivity contribution is -0.873. The van der Waals surface area contributed by atoms with Crippen LogP contribution in [0.2, 0.25) is 10.0 Å². The minimum Gasteiger partial charge on any atom is -0.489 e. The second-order valence-corrected chi connectivity index (χ2v) is 5.86. The minimum atomic E-state index is -0.526. The van der Waals surface area contributed by atoms with Gasteiger partial charge in [0.1, 0.15) is 25.0 Å². The Bertz CT molecular complexity index is 377. The fourth-order valence-electron chi connectivity index (χ4n) is 1.46. The summed E-state index contributed by atoms with van der Waals surface area (Å²) in [6.07, 6.45) is -0.526. The highest BCUT2D eigenvalue weighted by Crippen LogP contribution is 2.27. The highest BCUT2D eigenvalue weighted by Gasteiger charge is 2.16. The van der Waals surface area contributed by atoms with Crippen molar-refractivity contribution in [3.05, 3.63) is 28.2 Å². The Labute approximate surface area is 112 Å². The third kappa shape index (κ3) is 5.59. The van der Waals surface area contributed by atoms with Crippen molar-refractivity contribution in [2.24, 2.45) is 0 Å². The van der Waals surface area contributed by atoms with Crippen LogP contribution in [0, 0.1) is 0 Å². The first kappa shape index (κ1) is 14.6. The number of aliphatic hydroxyl groups excluding tert-OH is 1. The molecule has 0 saturated heterocycles. The van der Waals surface area contributed by atoms with Gasteiger partial charge in [-0.2, -0.15) is 0 Å². The van der Waals surface area contributed by atoms with Crippen molar-refractivity contribution in [1.82, 2.24) is 0 Å². The Morgan fingerprint density at radius 3 is 2.47 bits per heavy atom. The Morgan fingerprint density at radius 2 is 1.94 bits per heavy atom. The monoisotopic (exact) mass is 278 g/mol. The number of benzene rings is 1. The number of hydrogen-bond donors (Lipinski definition) is 1. The quantitative estimate of drug-likeness (QED) is 0.839. The van der Waals surface area contributed by atoms with Crippen molar-refractivity contribution < 1.29 is 14.3 Å². The standard InChI is InChI=1S/C12H18Cl2NO2/c1-15(2,3)7-10(16)8-17-12-5-4-9(13)6-11(12)14/h4-6,10,16H,7-8H2,1-3H3/q+1/t10-/m1/s1. The van der Waals surface area contributed by atoms with Crippen LogP contribution in [0.25, 0.3) is 0 Å². The van der Waals surface area contributed by atoms with Crippen molar-refractivity contribution in [3.63, 3.8) is 0 Å². The average molecular weight is 279 g/mol. The topological polar surface area (TPSA) is 29.5 Å². The smallest absolute Gasteiger partial charge is 0.138 e. The van der Waals surface area contributed by atoms with Crippen LogP contribution in [0.15, 0.2) is 18.2 Å². The molecule has 0 amide bonds. The summed E-state index contributed by atoms with van der Waals surface area (Å²) in [4.78, 5) is 0. The molecule has 0 bridgehead atoms. The van der Waals surface area contributed by atoms with E-state index in [-0.39, 0.29) is 6.61 Å². The van der Waals surface area contributed by atoms with Crippen molar-refractivity contribution in [2.45, 2.75) is 6.10 Å². The van der Waals surface area contributed by atoms with Gasteiger partial charge < -0.3 is 14.3 Å². The van der Waals surface area contributed by atoms with Gasteiger partial charge in [-0.25, -0.2) is 0 Å². The fraction of sp³-hybridized carbons (Fsp3) is 0.500. The van der Waals surface area contributed by atoms with Gasteiger partial charge in [-0.05, 0) is 18.2 Å². The number of nitrogens with zero attached hydrogens (tertiary/aromatic N) is 1. The molecule has 1 N–H and O–H groups in total. The molecule has 1 rings (SSSR count). The number of quaternary nitrogens is 1. The zero-order valence-electron chi connectivity index (χ0n) is 10.3. The molecule has 17 heavy (non-hydrogen) atoms. The normalized spacial score (nSPS) is 13.5. The predicted molar refractivity (Wildman–Crippen MR) is 70.9 cm³/mol. The van der Waals surface area contributed by atoms with E-state index < -0.39 is 6.10 Å². The zero-order chi connectivity index (χ0) is 13.1. The van der Waals surface area contributed by atoms with Crippen LogP contribution < -0.4 is 4.74 Å². The van der Waals surface area contributed by atoms with E-state index in [1.54, 1.807) is 18.2 Å². The first-order chi connectivity index (χ1) is 7.78. The summed E-state index contributed by atoms with van der Waals surface area (Å²) in [6, 6.07) is 5.02. The molecule has 0 heterocycles. The third-order valence-electron chi connectivity index (χ3n) is 2.08. The summed E-state index contributed by atoms with van der Waals surface area (Å²) in [5, 5.41) is 10.8. The average Bonchev–Trinajstić information content (AvgIpc) is 2.13. The predicted octanol–water partition coefficient (Wildman–Crippen LogP) is 2.44. The summed E-state index contributed by atoms with van der Waals surface area (Å²) in [5.74, 6) is 0.538. The molecular weight excluding hydrogens is 261 g/mol. The molecule has 0 fully saturated rings. The molecule has 1 aromatic carbocycles. The van der Waals surface area contributed by atoms with Crippen molar-refractivity contribution in [2.75, 3.05) is 34.3 Å². The number of halogens is 2. The molecule has 96 valence electrons. The van der Waals surface area contributed by atoms with E-state index >= 15 is 0 Å². The number of hydrogen-bond acceptors (Lipinski definition) is 2. The summed E-state index contributed by atoms with van der Waals surface area (Å²) in [5.41, 5.74) is 0. The molecule has 3 nitrogen and oxygen atoms in total. The van der Waals surface area contributed by atoms with E-state index in [1.165, 1.54) is 0 Å². The number of likely N-dealkylation sites (N-methyl/N-ethyl adjacent to an activating group) is 1. The summed E-state index contributed by atoms with van der Waals surface area (Å²) in [7, 11) is 6.04. The van der Waals surface area contributed by atoms with Gasteiger partial charge in [0.2, 0.25) is 0 Å². The maximum absolute atomic E-state index is 9.78. The van der Waals surface area contributed by atoms with Crippen LogP contribution >= 0.6 is 23.2 Å². The maximum atomic E-state index is 9.78. The summed E-state index contributed by atoms with van der Waals surface area (Å²) >= 11 is 11.7. The largest absolute Gasteiger partial charge is 0.489 e. The van der Waals surface area contributed by atoms with Gasteiger partial charge in [0.05, 0.1) is 26.2 Å². The lowest BCUT2D eigenvalue weighted by atomic mass is 10.3. The van der Waals surface area contributed by atoms with Crippen LogP contribution in [-0.4, -0.2) is 50.0 Å². The maximum Gasteiger partial charge on any atom is 0.138 e. The molecular formula is C12H18Cl2NO2+. The van der Waals surface area contributed by atoms with Gasteiger partial charge in [-0.1, -0.05) is 23.2 Å². The van der Waals surface area contributed by atoms with Crippen LogP contribution in [0.5, 0.6) is 5.75 Å². The zero-order valence-corrected chi connectivity index (χ0v) is 11.8. The van der Waals surface area contributed by atoms with Gasteiger partial charge in [-0.3, -0.25) is 0 Å². The molecule has 1 aromatic rings. The molecule has 0 unspecified atom stereocenters. The van der Waals surface area contributed by atoms with Gasteiger partial charge >= 0.3 is 0 Å². The Hall–Kier alpha value is -0.480. The van der Waals surface area contributed by atoms with Crippen LogP contribution in [-0.2, 0) is 0 Å². The SMILES string of the molecule is C[N+](C)(C)C[C@@H](O)COc1ccc(Cl)cc1Cl. The summed E-state index contributed by atoms with van der Waals surface area (Å²) < 4.78 is 6.13. The second-order valence-electron chi connectivity index (χ2n) is 5.01. The van der Waals surface area contributed by atoms with Gasteiger partial charge in [0.15, 0.2) is 0 Å². The minimum absolute atomic E-state index is 0.219. The molecule has 0 aliphatic carbocycles. The van der Waals surface area contributed by atoms with Gasteiger partial charge in [0.25, 0.3) is 0 Å². The van der Waals surface area contributed by atoms with Crippen molar-refractivity contribution >= 4 is 23.2 Å². The molecule has 0 aliphatic rings. The molecule has 0 saturated carbocycles. The molecule has 0 radical (unpaired) electrons. The van der Waals surface area contributed by atoms with Crippen molar-refractivity contribution in [3.8, 4) is 5.75 Å². The number of rotatable bonds is 5. The lowest BCUT2D eigenvalue weighted by Crippen LogP contribution is -2.43. The Morgan fingerprint density at radius 1 is 1.29 bits per heavy atom. The fourth-order valence-corrected chi connectivity index (χ4v) is 1.93. The van der Waals surface area contributed by atoms with Gasteiger partial charge in [0, 0.05) is 5.02 Å². The molecule has 0 aliphatic heterocycles. The van der Waals surface area contributed by atoms with E-state index in [2.05, 4.69) is 0 Å². The van der Waals surface area contributed by atoms with Gasteiger partial charge in [-0.15, -0.1) is 0 Å². The van der Waals surface area contributed by atoms with Crippen LogP contribution in [0.3, 0.4) is 0 Å². The summed E-state index contributed by atoms with van der Waals surface area (Å²) in [6.45, 7) is 0.835. The lowest BCUT2D eigenvalue weighted by Gasteiger charge is -2.26. The van der Waals surface area contributed by atoms with Crippen molar-refractivity contribution in [1.29, 1.82) is 0 Å². The van der Waals surface area contributed by atoms with E-state index in [1.807, 2.05) is 21.1 Å². The van der Waals surface area contributed by atoms with E-state index in [9.17, 15) is 5.11 Å². The number of ether oxygens (including phenoxy) is 1. The molecule has 0 aromatic heterocycles. The highest BCUT2D eigenvalue weighted by atomic mass is 35.5. The Kier molecular flexibility index (Phi) is 5.07. The molecule has 0 spiro atoms. The van der Waals surface area contributed by atoms with E-state index in [0.29, 0.717) is 26.8 Å². The van der Waals surface area contributed by atoms with E-state index in [4.69, 9.17) is 27.9 Å². The first-order valence-electron chi connectivity index (χ1n) is 5.34. The third-order valence-corrected chi connectivity index (χ3v) is 2.61. The van der Waals surface area contributed by atoms with E-state index in [0.717, 1.165) is 0 Å². The molecule has 1 atom stereocenters. The Balaban J connectivity index is 2.50. The second kappa shape index (κ2) is 5.91. The molecule has 5 heteroatoms. The van der Waals surface area contributed by atoms with Crippen LogP contribution in [0.1, 0.15) is 0 Å².